The first-order valence-corrected chi connectivity index (χ1v) is 8.52. The number of thioether (sulfide) groups is 1. The van der Waals surface area contributed by atoms with E-state index >= 15 is 0 Å². The maximum atomic E-state index is 12.3. The zero-order chi connectivity index (χ0) is 15.5. The fourth-order valence-electron chi connectivity index (χ4n) is 2.82. The van der Waals surface area contributed by atoms with E-state index in [4.69, 9.17) is 4.52 Å². The van der Waals surface area contributed by atoms with E-state index in [1.165, 1.54) is 30.6 Å². The molecule has 1 aromatic carbocycles. The molecule has 4 nitrogen and oxygen atoms in total. The number of aryl methyl sites for hydroxylation is 2. The Morgan fingerprint density at radius 3 is 2.50 bits per heavy atom. The van der Waals surface area contributed by atoms with Gasteiger partial charge in [-0.2, -0.15) is 0 Å². The van der Waals surface area contributed by atoms with Gasteiger partial charge in [0, 0.05) is 15.8 Å². The lowest BCUT2D eigenvalue weighted by Gasteiger charge is -2.10. The van der Waals surface area contributed by atoms with E-state index in [-0.39, 0.29) is 5.91 Å². The first kappa shape index (κ1) is 15.2. The molecule has 0 bridgehead atoms. The number of rotatable bonds is 4. The number of aromatic nitrogens is 1. The Morgan fingerprint density at radius 1 is 1.23 bits per heavy atom. The molecule has 1 aromatic heterocycles. The zero-order valence-electron chi connectivity index (χ0n) is 12.9. The predicted molar refractivity (Wildman–Crippen MR) is 88.5 cm³/mol. The van der Waals surface area contributed by atoms with E-state index in [1.54, 1.807) is 13.8 Å². The van der Waals surface area contributed by atoms with Crippen LogP contribution in [0.15, 0.2) is 33.7 Å². The summed E-state index contributed by atoms with van der Waals surface area (Å²) in [7, 11) is 0. The van der Waals surface area contributed by atoms with Gasteiger partial charge in [0.15, 0.2) is 0 Å². The van der Waals surface area contributed by atoms with Crippen LogP contribution < -0.4 is 5.32 Å². The third kappa shape index (κ3) is 3.35. The molecule has 1 aliphatic rings. The highest BCUT2D eigenvalue weighted by molar-refractivity contribution is 8.00. The van der Waals surface area contributed by atoms with Crippen molar-refractivity contribution in [1.82, 2.24) is 5.16 Å². The Bertz CT molecular complexity index is 638. The Balaban J connectivity index is 1.64. The molecule has 1 saturated carbocycles. The molecule has 1 amide bonds. The van der Waals surface area contributed by atoms with Crippen molar-refractivity contribution in [2.75, 3.05) is 5.32 Å². The lowest BCUT2D eigenvalue weighted by Crippen LogP contribution is -2.13. The number of carbonyl (C=O) groups is 1. The van der Waals surface area contributed by atoms with Crippen LogP contribution in [0.5, 0.6) is 0 Å². The average Bonchev–Trinajstić information content (AvgIpc) is 3.11. The number of benzene rings is 1. The van der Waals surface area contributed by atoms with Gasteiger partial charge < -0.3 is 9.84 Å². The van der Waals surface area contributed by atoms with E-state index in [2.05, 4.69) is 22.6 Å². The van der Waals surface area contributed by atoms with Crippen LogP contribution in [-0.2, 0) is 0 Å². The minimum Gasteiger partial charge on any atom is -0.361 e. The summed E-state index contributed by atoms with van der Waals surface area (Å²) in [4.78, 5) is 13.5. The normalized spacial score (nSPS) is 15.2. The molecule has 0 atom stereocenters. The second-order valence-corrected chi connectivity index (χ2v) is 7.08. The molecule has 3 rings (SSSR count). The van der Waals surface area contributed by atoms with Crippen molar-refractivity contribution in [1.29, 1.82) is 0 Å². The van der Waals surface area contributed by atoms with Crippen LogP contribution in [0.3, 0.4) is 0 Å². The van der Waals surface area contributed by atoms with Gasteiger partial charge in [-0.3, -0.25) is 4.79 Å². The molecule has 1 heterocycles. The molecular weight excluding hydrogens is 296 g/mol. The number of anilines is 1. The van der Waals surface area contributed by atoms with E-state index in [9.17, 15) is 4.79 Å². The summed E-state index contributed by atoms with van der Waals surface area (Å²) in [5, 5.41) is 7.46. The molecule has 22 heavy (non-hydrogen) atoms. The maximum absolute atomic E-state index is 12.3. The third-order valence-corrected chi connectivity index (χ3v) is 5.33. The van der Waals surface area contributed by atoms with Crippen LogP contribution in [0.1, 0.15) is 47.5 Å². The van der Waals surface area contributed by atoms with Crippen LogP contribution in [-0.4, -0.2) is 16.3 Å². The number of hydrogen-bond donors (Lipinski definition) is 1. The minimum atomic E-state index is -0.174. The number of nitrogens with zero attached hydrogens (tertiary/aromatic N) is 1. The first-order valence-electron chi connectivity index (χ1n) is 7.64. The van der Waals surface area contributed by atoms with Crippen molar-refractivity contribution in [3.8, 4) is 0 Å². The lowest BCUT2D eigenvalue weighted by molar-refractivity contribution is 0.102. The van der Waals surface area contributed by atoms with Gasteiger partial charge in [0.25, 0.3) is 5.91 Å². The second kappa shape index (κ2) is 6.57. The molecule has 0 aliphatic heterocycles. The fourth-order valence-corrected chi connectivity index (χ4v) is 4.06. The first-order chi connectivity index (χ1) is 10.6. The van der Waals surface area contributed by atoms with Crippen molar-refractivity contribution >= 4 is 23.4 Å². The van der Waals surface area contributed by atoms with E-state index < -0.39 is 0 Å². The van der Waals surface area contributed by atoms with E-state index in [0.717, 1.165) is 10.9 Å². The highest BCUT2D eigenvalue weighted by Crippen LogP contribution is 2.35. The fraction of sp³-hybridized carbons (Fsp3) is 0.412. The Labute approximate surface area is 134 Å². The number of nitrogens with one attached hydrogen (secondary N) is 1. The Hall–Kier alpha value is -1.75. The number of amides is 1. The SMILES string of the molecule is Cc1noc(C)c1C(=O)Nc1ccc(SC2CCCC2)cc1. The maximum Gasteiger partial charge on any atom is 0.261 e. The predicted octanol–water partition coefficient (Wildman–Crippen LogP) is 4.58. The summed E-state index contributed by atoms with van der Waals surface area (Å²) >= 11 is 1.94. The van der Waals surface area contributed by atoms with Gasteiger partial charge in [0.2, 0.25) is 0 Å². The Morgan fingerprint density at radius 2 is 1.91 bits per heavy atom. The summed E-state index contributed by atoms with van der Waals surface area (Å²) in [6.45, 7) is 3.52. The molecule has 1 fully saturated rings. The lowest BCUT2D eigenvalue weighted by atomic mass is 10.2. The van der Waals surface area contributed by atoms with Gasteiger partial charge in [-0.25, -0.2) is 0 Å². The molecule has 0 saturated heterocycles. The quantitative estimate of drug-likeness (QED) is 0.897. The zero-order valence-corrected chi connectivity index (χ0v) is 13.7. The standard InChI is InChI=1S/C17H20N2O2S/c1-11-16(12(2)21-19-11)17(20)18-13-7-9-15(10-8-13)22-14-5-3-4-6-14/h7-10,14H,3-6H2,1-2H3,(H,18,20). The summed E-state index contributed by atoms with van der Waals surface area (Å²) < 4.78 is 5.03. The smallest absolute Gasteiger partial charge is 0.261 e. The number of carbonyl (C=O) groups excluding carboxylic acids is 1. The summed E-state index contributed by atoms with van der Waals surface area (Å²) in [6, 6.07) is 8.05. The van der Waals surface area contributed by atoms with Gasteiger partial charge in [-0.15, -0.1) is 11.8 Å². The van der Waals surface area contributed by atoms with Crippen molar-refractivity contribution in [3.05, 3.63) is 41.3 Å². The van der Waals surface area contributed by atoms with Crippen molar-refractivity contribution in [2.45, 2.75) is 49.7 Å². The van der Waals surface area contributed by atoms with Crippen molar-refractivity contribution < 1.29 is 9.32 Å². The molecule has 2 aromatic rings. The second-order valence-electron chi connectivity index (χ2n) is 5.70. The highest BCUT2D eigenvalue weighted by Gasteiger charge is 2.18. The summed E-state index contributed by atoms with van der Waals surface area (Å²) in [6.07, 6.45) is 5.33. The van der Waals surface area contributed by atoms with Crippen LogP contribution in [0.2, 0.25) is 0 Å². The molecule has 1 N–H and O–H groups in total. The molecule has 0 spiro atoms. The molecule has 0 unspecified atom stereocenters. The molecule has 0 radical (unpaired) electrons. The molecule has 1 aliphatic carbocycles. The topological polar surface area (TPSA) is 55.1 Å². The average molecular weight is 316 g/mol. The van der Waals surface area contributed by atoms with E-state index in [1.807, 2.05) is 23.9 Å². The van der Waals surface area contributed by atoms with Crippen LogP contribution >= 0.6 is 11.8 Å². The van der Waals surface area contributed by atoms with Crippen LogP contribution in [0.4, 0.5) is 5.69 Å². The minimum absolute atomic E-state index is 0.174. The summed E-state index contributed by atoms with van der Waals surface area (Å²) in [5.74, 6) is 0.371. The van der Waals surface area contributed by atoms with Crippen LogP contribution in [0, 0.1) is 13.8 Å². The third-order valence-electron chi connectivity index (χ3n) is 3.98. The molecule has 116 valence electrons. The van der Waals surface area contributed by atoms with Gasteiger partial charge in [0.1, 0.15) is 11.3 Å². The van der Waals surface area contributed by atoms with Gasteiger partial charge in [-0.1, -0.05) is 18.0 Å². The van der Waals surface area contributed by atoms with E-state index in [0.29, 0.717) is 17.0 Å². The monoisotopic (exact) mass is 316 g/mol. The summed E-state index contributed by atoms with van der Waals surface area (Å²) in [5.41, 5.74) is 1.92. The van der Waals surface area contributed by atoms with Crippen molar-refractivity contribution in [2.24, 2.45) is 0 Å². The number of hydrogen-bond acceptors (Lipinski definition) is 4. The molecule has 5 heteroatoms. The largest absolute Gasteiger partial charge is 0.361 e. The Kier molecular flexibility index (Phi) is 4.52. The van der Waals surface area contributed by atoms with Gasteiger partial charge in [-0.05, 0) is 51.0 Å². The van der Waals surface area contributed by atoms with Gasteiger partial charge in [0.05, 0.1) is 5.69 Å². The van der Waals surface area contributed by atoms with Crippen LogP contribution in [0.25, 0.3) is 0 Å². The van der Waals surface area contributed by atoms with Crippen molar-refractivity contribution in [3.63, 3.8) is 0 Å². The highest BCUT2D eigenvalue weighted by atomic mass is 32.2. The molecular formula is C17H20N2O2S. The van der Waals surface area contributed by atoms with Gasteiger partial charge >= 0.3 is 0 Å².